The highest BCUT2D eigenvalue weighted by Gasteiger charge is 2.21. The minimum atomic E-state index is -0.966. The molecule has 2 rings (SSSR count). The summed E-state index contributed by atoms with van der Waals surface area (Å²) >= 11 is 0. The third kappa shape index (κ3) is 3.21. The maximum Gasteiger partial charge on any atom is 0.335 e. The van der Waals surface area contributed by atoms with Crippen LogP contribution in [0.1, 0.15) is 30.1 Å². The van der Waals surface area contributed by atoms with Gasteiger partial charge in [-0.3, -0.25) is 0 Å². The van der Waals surface area contributed by atoms with Crippen molar-refractivity contribution in [3.05, 3.63) is 35.7 Å². The van der Waals surface area contributed by atoms with E-state index in [1.54, 1.807) is 19.2 Å². The van der Waals surface area contributed by atoms with Gasteiger partial charge in [0.2, 0.25) is 11.7 Å². The summed E-state index contributed by atoms with van der Waals surface area (Å²) in [5.74, 6) is -0.0507. The van der Waals surface area contributed by atoms with E-state index in [2.05, 4.69) is 10.1 Å². The Bertz CT molecular complexity index is 602. The first-order chi connectivity index (χ1) is 9.41. The van der Waals surface area contributed by atoms with E-state index in [1.807, 2.05) is 13.8 Å². The van der Waals surface area contributed by atoms with Gasteiger partial charge in [0.05, 0.1) is 17.6 Å². The molecule has 0 spiro atoms. The van der Waals surface area contributed by atoms with E-state index in [-0.39, 0.29) is 11.2 Å². The summed E-state index contributed by atoms with van der Waals surface area (Å²) in [4.78, 5) is 15.1. The highest BCUT2D eigenvalue weighted by molar-refractivity contribution is 5.88. The monoisotopic (exact) mass is 276 g/mol. The average molecular weight is 276 g/mol. The van der Waals surface area contributed by atoms with Crippen LogP contribution in [0.5, 0.6) is 0 Å². The summed E-state index contributed by atoms with van der Waals surface area (Å²) in [5.41, 5.74) is 0.551. The van der Waals surface area contributed by atoms with Gasteiger partial charge in [-0.15, -0.1) is 0 Å². The number of carboxylic acid groups (broad SMARTS) is 1. The second-order valence-electron chi connectivity index (χ2n) is 5.03. The maximum absolute atomic E-state index is 10.8. The predicted molar refractivity (Wildman–Crippen MR) is 71.5 cm³/mol. The molecular weight excluding hydrogens is 260 g/mol. The topological polar surface area (TPSA) is 85.5 Å². The summed E-state index contributed by atoms with van der Waals surface area (Å²) in [6, 6.07) is 6.32. The van der Waals surface area contributed by atoms with E-state index >= 15 is 0 Å². The van der Waals surface area contributed by atoms with Gasteiger partial charge in [-0.05, 0) is 26.0 Å². The first kappa shape index (κ1) is 14.2. The number of rotatable bonds is 5. The molecule has 0 aliphatic rings. The van der Waals surface area contributed by atoms with Gasteiger partial charge in [-0.1, -0.05) is 17.3 Å². The van der Waals surface area contributed by atoms with Crippen LogP contribution in [0.3, 0.4) is 0 Å². The second-order valence-corrected chi connectivity index (χ2v) is 5.03. The van der Waals surface area contributed by atoms with Crippen LogP contribution in [0.2, 0.25) is 0 Å². The lowest BCUT2D eigenvalue weighted by Crippen LogP contribution is -2.25. The van der Waals surface area contributed by atoms with Gasteiger partial charge in [0.25, 0.3) is 0 Å². The number of hydrogen-bond donors (Lipinski definition) is 1. The number of aromatic nitrogens is 2. The van der Waals surface area contributed by atoms with Crippen LogP contribution in [0.15, 0.2) is 28.8 Å². The lowest BCUT2D eigenvalue weighted by molar-refractivity contribution is 0.0170. The molecule has 0 aliphatic heterocycles. The minimum Gasteiger partial charge on any atom is -0.478 e. The molecule has 0 saturated carbocycles. The van der Waals surface area contributed by atoms with Crippen molar-refractivity contribution in [3.63, 3.8) is 0 Å². The van der Waals surface area contributed by atoms with E-state index < -0.39 is 5.97 Å². The zero-order valence-corrected chi connectivity index (χ0v) is 11.6. The van der Waals surface area contributed by atoms with E-state index in [9.17, 15) is 4.79 Å². The fraction of sp³-hybridized carbons (Fsp3) is 0.357. The van der Waals surface area contributed by atoms with Crippen LogP contribution >= 0.6 is 0 Å². The van der Waals surface area contributed by atoms with Gasteiger partial charge in [0.15, 0.2) is 0 Å². The van der Waals surface area contributed by atoms with Crippen molar-refractivity contribution in [2.75, 3.05) is 7.11 Å². The molecule has 1 aromatic heterocycles. The lowest BCUT2D eigenvalue weighted by atomic mass is 10.1. The lowest BCUT2D eigenvalue weighted by Gasteiger charge is -2.19. The normalized spacial score (nSPS) is 11.6. The predicted octanol–water partition coefficient (Wildman–Crippen LogP) is 2.40. The van der Waals surface area contributed by atoms with Gasteiger partial charge in [0.1, 0.15) is 0 Å². The zero-order chi connectivity index (χ0) is 14.8. The highest BCUT2D eigenvalue weighted by Crippen LogP contribution is 2.20. The smallest absolute Gasteiger partial charge is 0.335 e. The molecule has 0 fully saturated rings. The Hall–Kier alpha value is -2.21. The Morgan fingerprint density at radius 3 is 2.55 bits per heavy atom. The SMILES string of the molecule is COC(C)(C)Cc1nc(-c2ccc(C(=O)O)cc2)no1. The van der Waals surface area contributed by atoms with E-state index in [0.29, 0.717) is 23.7 Å². The molecule has 6 heteroatoms. The molecule has 0 radical (unpaired) electrons. The third-order valence-corrected chi connectivity index (χ3v) is 2.99. The molecular formula is C14H16N2O4. The summed E-state index contributed by atoms with van der Waals surface area (Å²) in [6.07, 6.45) is 0.504. The Morgan fingerprint density at radius 1 is 1.35 bits per heavy atom. The average Bonchev–Trinajstić information content (AvgIpc) is 2.86. The number of ether oxygens (including phenoxy) is 1. The second kappa shape index (κ2) is 5.42. The van der Waals surface area contributed by atoms with Crippen molar-refractivity contribution in [1.82, 2.24) is 10.1 Å². The Labute approximate surface area is 116 Å². The molecule has 106 valence electrons. The molecule has 1 N–H and O–H groups in total. The van der Waals surface area contributed by atoms with Crippen LogP contribution < -0.4 is 0 Å². The van der Waals surface area contributed by atoms with Gasteiger partial charge in [-0.2, -0.15) is 4.98 Å². The molecule has 0 atom stereocenters. The van der Waals surface area contributed by atoms with Crippen molar-refractivity contribution in [3.8, 4) is 11.4 Å². The largest absolute Gasteiger partial charge is 0.478 e. The first-order valence-corrected chi connectivity index (χ1v) is 6.13. The summed E-state index contributed by atoms with van der Waals surface area (Å²) in [7, 11) is 1.63. The van der Waals surface area contributed by atoms with Crippen LogP contribution in [0.25, 0.3) is 11.4 Å². The summed E-state index contributed by atoms with van der Waals surface area (Å²) in [6.45, 7) is 3.86. The molecule has 1 aromatic carbocycles. The van der Waals surface area contributed by atoms with Crippen molar-refractivity contribution in [2.24, 2.45) is 0 Å². The molecule has 0 unspecified atom stereocenters. The number of nitrogens with zero attached hydrogens (tertiary/aromatic N) is 2. The van der Waals surface area contributed by atoms with Crippen LogP contribution in [-0.2, 0) is 11.2 Å². The number of carboxylic acids is 1. The molecule has 2 aromatic rings. The molecule has 6 nitrogen and oxygen atoms in total. The number of carbonyl (C=O) groups is 1. The Kier molecular flexibility index (Phi) is 3.85. The fourth-order valence-corrected chi connectivity index (χ4v) is 1.64. The summed E-state index contributed by atoms with van der Waals surface area (Å²) in [5, 5.41) is 12.7. The number of methoxy groups -OCH3 is 1. The van der Waals surface area contributed by atoms with E-state index in [4.69, 9.17) is 14.4 Å². The standard InChI is InChI=1S/C14H16N2O4/c1-14(2,19-3)8-11-15-12(16-20-11)9-4-6-10(7-5-9)13(17)18/h4-7H,8H2,1-3H3,(H,17,18). The van der Waals surface area contributed by atoms with Gasteiger partial charge in [-0.25, -0.2) is 4.79 Å². The van der Waals surface area contributed by atoms with Gasteiger partial charge in [0, 0.05) is 12.7 Å². The number of benzene rings is 1. The minimum absolute atomic E-state index is 0.220. The molecule has 0 aliphatic carbocycles. The van der Waals surface area contributed by atoms with Crippen molar-refractivity contribution in [2.45, 2.75) is 25.9 Å². The molecule has 0 bridgehead atoms. The van der Waals surface area contributed by atoms with Crippen LogP contribution in [-0.4, -0.2) is 33.9 Å². The number of aromatic carboxylic acids is 1. The van der Waals surface area contributed by atoms with E-state index in [0.717, 1.165) is 0 Å². The Morgan fingerprint density at radius 2 is 2.00 bits per heavy atom. The highest BCUT2D eigenvalue weighted by atomic mass is 16.5. The van der Waals surface area contributed by atoms with Crippen molar-refractivity contribution in [1.29, 1.82) is 0 Å². The fourth-order valence-electron chi connectivity index (χ4n) is 1.64. The summed E-state index contributed by atoms with van der Waals surface area (Å²) < 4.78 is 10.5. The first-order valence-electron chi connectivity index (χ1n) is 6.13. The van der Waals surface area contributed by atoms with Crippen LogP contribution in [0.4, 0.5) is 0 Å². The molecule has 0 saturated heterocycles. The van der Waals surface area contributed by atoms with Gasteiger partial charge < -0.3 is 14.4 Å². The van der Waals surface area contributed by atoms with Crippen LogP contribution in [0, 0.1) is 0 Å². The molecule has 1 heterocycles. The van der Waals surface area contributed by atoms with Crippen molar-refractivity contribution >= 4 is 5.97 Å². The van der Waals surface area contributed by atoms with Crippen molar-refractivity contribution < 1.29 is 19.2 Å². The quantitative estimate of drug-likeness (QED) is 0.902. The molecule has 0 amide bonds. The zero-order valence-electron chi connectivity index (χ0n) is 11.6. The van der Waals surface area contributed by atoms with Gasteiger partial charge >= 0.3 is 5.97 Å². The molecule has 20 heavy (non-hydrogen) atoms. The maximum atomic E-state index is 10.8. The third-order valence-electron chi connectivity index (χ3n) is 2.99. The Balaban J connectivity index is 2.18. The number of hydrogen-bond acceptors (Lipinski definition) is 5. The van der Waals surface area contributed by atoms with E-state index in [1.165, 1.54) is 12.1 Å².